The van der Waals surface area contributed by atoms with E-state index in [1.807, 2.05) is 0 Å². The van der Waals surface area contributed by atoms with Crippen LogP contribution in [0.1, 0.15) is 32.6 Å². The summed E-state index contributed by atoms with van der Waals surface area (Å²) in [6.07, 6.45) is 4.67. The van der Waals surface area contributed by atoms with Crippen molar-refractivity contribution >= 4 is 15.9 Å². The normalized spacial score (nSPS) is 21.4. The van der Waals surface area contributed by atoms with Crippen LogP contribution in [-0.2, 0) is 14.8 Å². The first-order valence-electron chi connectivity index (χ1n) is 7.30. The molecule has 1 saturated heterocycles. The Balaban J connectivity index is 2.10. The van der Waals surface area contributed by atoms with Crippen molar-refractivity contribution in [2.45, 2.75) is 32.6 Å². The molecule has 0 aromatic carbocycles. The van der Waals surface area contributed by atoms with Crippen molar-refractivity contribution < 1.29 is 13.2 Å². The minimum Gasteiger partial charge on any atom is -0.356 e. The number of piperidine rings is 1. The minimum atomic E-state index is -3.13. The molecule has 7 heteroatoms. The van der Waals surface area contributed by atoms with E-state index in [1.165, 1.54) is 12.8 Å². The third-order valence-electron chi connectivity index (χ3n) is 3.69. The van der Waals surface area contributed by atoms with Gasteiger partial charge >= 0.3 is 0 Å². The van der Waals surface area contributed by atoms with E-state index < -0.39 is 10.0 Å². The molecule has 0 aliphatic carbocycles. The Morgan fingerprint density at radius 3 is 2.75 bits per heavy atom. The van der Waals surface area contributed by atoms with E-state index >= 15 is 0 Å². The minimum absolute atomic E-state index is 0.0578. The molecule has 6 nitrogen and oxygen atoms in total. The third-order valence-corrected chi connectivity index (χ3v) is 4.42. The summed E-state index contributed by atoms with van der Waals surface area (Å²) in [6, 6.07) is 0. The van der Waals surface area contributed by atoms with Crippen LogP contribution in [0.3, 0.4) is 0 Å². The molecule has 20 heavy (non-hydrogen) atoms. The molecule has 0 aromatic rings. The molecule has 0 radical (unpaired) electrons. The molecule has 1 aliphatic rings. The summed E-state index contributed by atoms with van der Waals surface area (Å²) in [5, 5.41) is 6.21. The number of sulfonamides is 1. The second-order valence-electron chi connectivity index (χ2n) is 5.66. The molecule has 2 unspecified atom stereocenters. The average Bonchev–Trinajstić information content (AvgIpc) is 2.38. The summed E-state index contributed by atoms with van der Waals surface area (Å²) in [4.78, 5) is 11.8. The molecule has 1 amide bonds. The Morgan fingerprint density at radius 1 is 1.40 bits per heavy atom. The van der Waals surface area contributed by atoms with E-state index in [0.717, 1.165) is 19.3 Å². The molecular formula is C13H27N3O3S. The molecule has 0 bridgehead atoms. The molecular weight excluding hydrogens is 278 g/mol. The molecule has 0 saturated carbocycles. The number of rotatable bonds is 8. The zero-order valence-corrected chi connectivity index (χ0v) is 13.3. The van der Waals surface area contributed by atoms with Crippen LogP contribution in [0.5, 0.6) is 0 Å². The maximum Gasteiger partial charge on any atom is 0.220 e. The fraction of sp³-hybridized carbons (Fsp3) is 0.923. The van der Waals surface area contributed by atoms with Crippen molar-refractivity contribution in [2.75, 3.05) is 32.4 Å². The van der Waals surface area contributed by atoms with Gasteiger partial charge in [-0.15, -0.1) is 0 Å². The van der Waals surface area contributed by atoms with E-state index in [-0.39, 0.29) is 5.91 Å². The maximum atomic E-state index is 11.8. The number of carbonyl (C=O) groups is 1. The van der Waals surface area contributed by atoms with Gasteiger partial charge in [-0.3, -0.25) is 4.79 Å². The zero-order chi connectivity index (χ0) is 15.0. The summed E-state index contributed by atoms with van der Waals surface area (Å²) in [6.45, 7) is 5.09. The van der Waals surface area contributed by atoms with Crippen LogP contribution >= 0.6 is 0 Å². The molecule has 3 N–H and O–H groups in total. The topological polar surface area (TPSA) is 87.3 Å². The lowest BCUT2D eigenvalue weighted by molar-refractivity contribution is -0.122. The Morgan fingerprint density at radius 2 is 2.15 bits per heavy atom. The van der Waals surface area contributed by atoms with Gasteiger partial charge in [0.25, 0.3) is 0 Å². The predicted molar refractivity (Wildman–Crippen MR) is 79.8 cm³/mol. The molecule has 1 aliphatic heterocycles. The van der Waals surface area contributed by atoms with Gasteiger partial charge in [0.2, 0.25) is 15.9 Å². The number of hydrogen-bond donors (Lipinski definition) is 3. The fourth-order valence-corrected chi connectivity index (χ4v) is 2.98. The number of hydrogen-bond acceptors (Lipinski definition) is 4. The van der Waals surface area contributed by atoms with Gasteiger partial charge < -0.3 is 10.6 Å². The van der Waals surface area contributed by atoms with Crippen LogP contribution in [0.2, 0.25) is 0 Å². The molecule has 2 atom stereocenters. The van der Waals surface area contributed by atoms with Gasteiger partial charge in [-0.25, -0.2) is 13.1 Å². The first-order valence-corrected chi connectivity index (χ1v) is 9.19. The molecule has 1 fully saturated rings. The predicted octanol–water partition coefficient (Wildman–Crippen LogP) is 0.0677. The highest BCUT2D eigenvalue weighted by Gasteiger charge is 2.21. The second-order valence-corrected chi connectivity index (χ2v) is 7.49. The molecule has 1 rings (SSSR count). The second kappa shape index (κ2) is 8.59. The monoisotopic (exact) mass is 305 g/mol. The summed E-state index contributed by atoms with van der Waals surface area (Å²) in [5.74, 6) is 1.03. The lowest BCUT2D eigenvalue weighted by atomic mass is 9.85. The van der Waals surface area contributed by atoms with Crippen molar-refractivity contribution in [3.63, 3.8) is 0 Å². The first kappa shape index (κ1) is 17.4. The average molecular weight is 305 g/mol. The van der Waals surface area contributed by atoms with E-state index in [9.17, 15) is 13.2 Å². The SMILES string of the molecule is CC(CC(=O)NCCCNS(C)(=O)=O)C1CCCNC1. The van der Waals surface area contributed by atoms with Gasteiger partial charge in [-0.2, -0.15) is 0 Å². The summed E-state index contributed by atoms with van der Waals surface area (Å²) < 4.78 is 24.1. The van der Waals surface area contributed by atoms with Gasteiger partial charge in [0, 0.05) is 19.5 Å². The molecule has 0 aromatic heterocycles. The lowest BCUT2D eigenvalue weighted by Crippen LogP contribution is -2.36. The third kappa shape index (κ3) is 7.81. The lowest BCUT2D eigenvalue weighted by Gasteiger charge is -2.28. The Bertz CT molecular complexity index is 392. The highest BCUT2D eigenvalue weighted by Crippen LogP contribution is 2.22. The fourth-order valence-electron chi connectivity index (χ4n) is 2.47. The van der Waals surface area contributed by atoms with Crippen molar-refractivity contribution in [1.82, 2.24) is 15.4 Å². The summed E-state index contributed by atoms with van der Waals surface area (Å²) in [7, 11) is -3.13. The number of carbonyl (C=O) groups excluding carboxylic acids is 1. The van der Waals surface area contributed by atoms with Crippen LogP contribution in [0.4, 0.5) is 0 Å². The van der Waals surface area contributed by atoms with E-state index in [4.69, 9.17) is 0 Å². The standard InChI is InChI=1S/C13H27N3O3S/c1-11(12-5-3-6-14-10-12)9-13(17)15-7-4-8-16-20(2,18)19/h11-12,14,16H,3-10H2,1-2H3,(H,15,17). The largest absolute Gasteiger partial charge is 0.356 e. The maximum absolute atomic E-state index is 11.8. The summed E-state index contributed by atoms with van der Waals surface area (Å²) in [5.41, 5.74) is 0. The van der Waals surface area contributed by atoms with Gasteiger partial charge in [-0.1, -0.05) is 6.92 Å². The van der Waals surface area contributed by atoms with Crippen LogP contribution < -0.4 is 15.4 Å². The van der Waals surface area contributed by atoms with Crippen LogP contribution in [0, 0.1) is 11.8 Å². The van der Waals surface area contributed by atoms with Gasteiger partial charge in [0.15, 0.2) is 0 Å². The zero-order valence-electron chi connectivity index (χ0n) is 12.4. The smallest absolute Gasteiger partial charge is 0.220 e. The van der Waals surface area contributed by atoms with Gasteiger partial charge in [0.05, 0.1) is 6.26 Å². The van der Waals surface area contributed by atoms with Crippen LogP contribution in [0.25, 0.3) is 0 Å². The van der Waals surface area contributed by atoms with Gasteiger partial charge in [-0.05, 0) is 44.2 Å². The van der Waals surface area contributed by atoms with Crippen molar-refractivity contribution in [1.29, 1.82) is 0 Å². The Labute approximate surface area is 122 Å². The van der Waals surface area contributed by atoms with E-state index in [1.54, 1.807) is 0 Å². The Kier molecular flexibility index (Phi) is 7.47. The quantitative estimate of drug-likeness (QED) is 0.554. The van der Waals surface area contributed by atoms with Crippen LogP contribution in [0.15, 0.2) is 0 Å². The highest BCUT2D eigenvalue weighted by molar-refractivity contribution is 7.88. The summed E-state index contributed by atoms with van der Waals surface area (Å²) >= 11 is 0. The first-order chi connectivity index (χ1) is 9.38. The van der Waals surface area contributed by atoms with Gasteiger partial charge in [0.1, 0.15) is 0 Å². The highest BCUT2D eigenvalue weighted by atomic mass is 32.2. The van der Waals surface area contributed by atoms with Crippen molar-refractivity contribution in [3.05, 3.63) is 0 Å². The Hall–Kier alpha value is -0.660. The molecule has 1 heterocycles. The molecule has 118 valence electrons. The van der Waals surface area contributed by atoms with Crippen LogP contribution in [-0.4, -0.2) is 46.8 Å². The number of nitrogens with one attached hydrogen (secondary N) is 3. The van der Waals surface area contributed by atoms with E-state index in [2.05, 4.69) is 22.3 Å². The van der Waals surface area contributed by atoms with Crippen molar-refractivity contribution in [3.8, 4) is 0 Å². The van der Waals surface area contributed by atoms with E-state index in [0.29, 0.717) is 37.8 Å². The number of amides is 1. The molecule has 0 spiro atoms. The van der Waals surface area contributed by atoms with Crippen molar-refractivity contribution in [2.24, 2.45) is 11.8 Å².